The van der Waals surface area contributed by atoms with Gasteiger partial charge in [-0.3, -0.25) is 0 Å². The van der Waals surface area contributed by atoms with Gasteiger partial charge >= 0.3 is 0 Å². The summed E-state index contributed by atoms with van der Waals surface area (Å²) < 4.78 is 7.80. The second-order valence-corrected chi connectivity index (χ2v) is 5.13. The van der Waals surface area contributed by atoms with E-state index in [2.05, 4.69) is 18.0 Å². The first-order chi connectivity index (χ1) is 10.2. The molecule has 0 aliphatic rings. The van der Waals surface area contributed by atoms with Crippen LogP contribution in [0.3, 0.4) is 0 Å². The van der Waals surface area contributed by atoms with E-state index in [1.54, 1.807) is 0 Å². The lowest BCUT2D eigenvalue weighted by Crippen LogP contribution is -2.07. The number of nitrogens with two attached hydrogens (primary N) is 1. The second kappa shape index (κ2) is 5.87. The lowest BCUT2D eigenvalue weighted by molar-refractivity contribution is 0.303. The summed E-state index contributed by atoms with van der Waals surface area (Å²) >= 11 is 0. The Morgan fingerprint density at radius 2 is 2.00 bits per heavy atom. The van der Waals surface area contributed by atoms with Crippen molar-refractivity contribution in [3.63, 3.8) is 0 Å². The van der Waals surface area contributed by atoms with Gasteiger partial charge in [0, 0.05) is 6.54 Å². The summed E-state index contributed by atoms with van der Waals surface area (Å²) in [5, 5.41) is 0. The summed E-state index contributed by atoms with van der Waals surface area (Å²) in [6.07, 6.45) is 0.887. The zero-order valence-corrected chi connectivity index (χ0v) is 12.1. The number of aromatic nitrogens is 2. The van der Waals surface area contributed by atoms with Crippen molar-refractivity contribution in [3.8, 4) is 5.75 Å². The minimum absolute atomic E-state index is 0.562. The van der Waals surface area contributed by atoms with Crippen LogP contribution in [-0.2, 0) is 6.54 Å². The Balaban J connectivity index is 1.61. The molecular formula is C17H19N3O. The summed E-state index contributed by atoms with van der Waals surface area (Å²) in [5.41, 5.74) is 9.20. The van der Waals surface area contributed by atoms with Gasteiger partial charge in [-0.25, -0.2) is 4.98 Å². The molecule has 108 valence electrons. The number of anilines is 1. The summed E-state index contributed by atoms with van der Waals surface area (Å²) in [7, 11) is 0. The summed E-state index contributed by atoms with van der Waals surface area (Å²) in [6, 6.07) is 16.1. The molecule has 0 spiro atoms. The quantitative estimate of drug-likeness (QED) is 0.729. The molecule has 2 aromatic carbocycles. The van der Waals surface area contributed by atoms with Crippen LogP contribution in [-0.4, -0.2) is 16.2 Å². The van der Waals surface area contributed by atoms with E-state index in [-0.39, 0.29) is 0 Å². The van der Waals surface area contributed by atoms with E-state index in [9.17, 15) is 0 Å². The highest BCUT2D eigenvalue weighted by Crippen LogP contribution is 2.18. The number of hydrogen-bond donors (Lipinski definition) is 1. The van der Waals surface area contributed by atoms with E-state index in [0.29, 0.717) is 12.6 Å². The maximum absolute atomic E-state index is 5.98. The predicted molar refractivity (Wildman–Crippen MR) is 85.4 cm³/mol. The fraction of sp³-hybridized carbons (Fsp3) is 0.235. The number of nitrogen functional groups attached to an aromatic ring is 1. The zero-order valence-electron chi connectivity index (χ0n) is 12.1. The van der Waals surface area contributed by atoms with Crippen molar-refractivity contribution in [1.29, 1.82) is 0 Å². The molecule has 0 aliphatic heterocycles. The van der Waals surface area contributed by atoms with Crippen molar-refractivity contribution >= 4 is 17.0 Å². The number of benzene rings is 2. The molecule has 1 aromatic heterocycles. The van der Waals surface area contributed by atoms with Crippen LogP contribution >= 0.6 is 0 Å². The number of aryl methyl sites for hydroxylation is 2. The fourth-order valence-corrected chi connectivity index (χ4v) is 2.45. The lowest BCUT2D eigenvalue weighted by Gasteiger charge is -2.09. The molecule has 0 atom stereocenters. The number of fused-ring (bicyclic) bond motifs is 1. The van der Waals surface area contributed by atoms with E-state index in [0.717, 1.165) is 29.7 Å². The first-order valence-corrected chi connectivity index (χ1v) is 7.14. The van der Waals surface area contributed by atoms with E-state index in [4.69, 9.17) is 10.5 Å². The van der Waals surface area contributed by atoms with E-state index >= 15 is 0 Å². The number of nitrogens with zero attached hydrogens (tertiary/aromatic N) is 2. The molecule has 3 rings (SSSR count). The van der Waals surface area contributed by atoms with Gasteiger partial charge in [-0.05, 0) is 43.2 Å². The maximum Gasteiger partial charge on any atom is 0.201 e. The van der Waals surface area contributed by atoms with Gasteiger partial charge < -0.3 is 15.0 Å². The molecule has 0 saturated heterocycles. The van der Waals surface area contributed by atoms with Crippen molar-refractivity contribution in [1.82, 2.24) is 9.55 Å². The molecule has 21 heavy (non-hydrogen) atoms. The van der Waals surface area contributed by atoms with E-state index in [1.165, 1.54) is 5.56 Å². The Morgan fingerprint density at radius 3 is 2.86 bits per heavy atom. The highest BCUT2D eigenvalue weighted by molar-refractivity contribution is 5.78. The fourth-order valence-electron chi connectivity index (χ4n) is 2.45. The van der Waals surface area contributed by atoms with Gasteiger partial charge in [-0.15, -0.1) is 0 Å². The topological polar surface area (TPSA) is 53.1 Å². The molecule has 0 radical (unpaired) electrons. The summed E-state index contributed by atoms with van der Waals surface area (Å²) in [6.45, 7) is 3.53. The van der Waals surface area contributed by atoms with Crippen LogP contribution in [0.4, 0.5) is 5.95 Å². The van der Waals surface area contributed by atoms with Gasteiger partial charge in [-0.2, -0.15) is 0 Å². The molecule has 0 amide bonds. The number of rotatable bonds is 5. The van der Waals surface area contributed by atoms with Crippen molar-refractivity contribution in [3.05, 3.63) is 54.1 Å². The highest BCUT2D eigenvalue weighted by atomic mass is 16.5. The Kier molecular flexibility index (Phi) is 3.77. The molecule has 0 bridgehead atoms. The molecule has 0 unspecified atom stereocenters. The number of ether oxygens (including phenoxy) is 1. The predicted octanol–water partition coefficient (Wildman–Crippen LogP) is 3.40. The van der Waals surface area contributed by atoms with Gasteiger partial charge in [0.2, 0.25) is 5.95 Å². The van der Waals surface area contributed by atoms with Crippen molar-refractivity contribution in [2.45, 2.75) is 19.9 Å². The van der Waals surface area contributed by atoms with Crippen LogP contribution in [0, 0.1) is 6.92 Å². The van der Waals surface area contributed by atoms with Crippen molar-refractivity contribution in [2.75, 3.05) is 12.3 Å². The molecule has 4 nitrogen and oxygen atoms in total. The SMILES string of the molecule is Cc1cccc(OCCCn2c(N)nc3ccccc32)c1. The first-order valence-electron chi connectivity index (χ1n) is 7.14. The molecule has 0 fully saturated rings. The van der Waals surface area contributed by atoms with Gasteiger partial charge in [0.15, 0.2) is 0 Å². The largest absolute Gasteiger partial charge is 0.494 e. The van der Waals surface area contributed by atoms with Crippen LogP contribution in [0.25, 0.3) is 11.0 Å². The monoisotopic (exact) mass is 281 g/mol. The Labute approximate surface area is 124 Å². The van der Waals surface area contributed by atoms with Crippen LogP contribution in [0.1, 0.15) is 12.0 Å². The molecule has 1 heterocycles. The maximum atomic E-state index is 5.98. The first kappa shape index (κ1) is 13.5. The number of hydrogen-bond acceptors (Lipinski definition) is 3. The third kappa shape index (κ3) is 2.99. The van der Waals surface area contributed by atoms with Gasteiger partial charge in [0.25, 0.3) is 0 Å². The normalized spacial score (nSPS) is 10.9. The molecule has 3 aromatic rings. The van der Waals surface area contributed by atoms with E-state index in [1.807, 2.05) is 47.0 Å². The Morgan fingerprint density at radius 1 is 1.14 bits per heavy atom. The molecule has 0 aliphatic carbocycles. The summed E-state index contributed by atoms with van der Waals surface area (Å²) in [5.74, 6) is 1.48. The van der Waals surface area contributed by atoms with Gasteiger partial charge in [-0.1, -0.05) is 24.3 Å². The second-order valence-electron chi connectivity index (χ2n) is 5.13. The zero-order chi connectivity index (χ0) is 14.7. The third-order valence-electron chi connectivity index (χ3n) is 3.47. The van der Waals surface area contributed by atoms with Gasteiger partial charge in [0.05, 0.1) is 17.6 Å². The van der Waals surface area contributed by atoms with Gasteiger partial charge in [0.1, 0.15) is 5.75 Å². The van der Waals surface area contributed by atoms with Crippen molar-refractivity contribution in [2.24, 2.45) is 0 Å². The molecule has 4 heteroatoms. The van der Waals surface area contributed by atoms with Crippen LogP contribution in [0.5, 0.6) is 5.75 Å². The minimum atomic E-state index is 0.562. The molecular weight excluding hydrogens is 262 g/mol. The van der Waals surface area contributed by atoms with E-state index < -0.39 is 0 Å². The smallest absolute Gasteiger partial charge is 0.201 e. The standard InChI is InChI=1S/C17H19N3O/c1-13-6-4-7-14(12-13)21-11-5-10-20-16-9-3-2-8-15(16)19-17(20)18/h2-4,6-9,12H,5,10-11H2,1H3,(H2,18,19). The van der Waals surface area contributed by atoms with Crippen LogP contribution < -0.4 is 10.5 Å². The van der Waals surface area contributed by atoms with Crippen LogP contribution in [0.15, 0.2) is 48.5 Å². The Bertz CT molecular complexity index is 749. The number of imidazole rings is 1. The van der Waals surface area contributed by atoms with Crippen molar-refractivity contribution < 1.29 is 4.74 Å². The Hall–Kier alpha value is -2.49. The summed E-state index contributed by atoms with van der Waals surface area (Å²) in [4.78, 5) is 4.36. The number of para-hydroxylation sites is 2. The highest BCUT2D eigenvalue weighted by Gasteiger charge is 2.06. The average Bonchev–Trinajstić information content (AvgIpc) is 2.79. The average molecular weight is 281 g/mol. The molecule has 2 N–H and O–H groups in total. The third-order valence-corrected chi connectivity index (χ3v) is 3.47. The van der Waals surface area contributed by atoms with Crippen LogP contribution in [0.2, 0.25) is 0 Å². The minimum Gasteiger partial charge on any atom is -0.494 e. The lowest BCUT2D eigenvalue weighted by atomic mass is 10.2. The molecule has 0 saturated carbocycles.